The van der Waals surface area contributed by atoms with Gasteiger partial charge in [-0.25, -0.2) is 4.39 Å². The molecule has 1 aliphatic carbocycles. The fourth-order valence-corrected chi connectivity index (χ4v) is 3.00. The average molecular weight is 256 g/mol. The van der Waals surface area contributed by atoms with Gasteiger partial charge in [-0.05, 0) is 36.8 Å². The third kappa shape index (κ3) is 2.80. The first kappa shape index (κ1) is 12.8. The molecule has 0 heterocycles. The highest BCUT2D eigenvalue weighted by atomic mass is 35.5. The molecule has 1 fully saturated rings. The van der Waals surface area contributed by atoms with Crippen molar-refractivity contribution in [3.05, 3.63) is 34.6 Å². The lowest BCUT2D eigenvalue weighted by Gasteiger charge is -2.31. The van der Waals surface area contributed by atoms with Gasteiger partial charge in [-0.3, -0.25) is 0 Å². The molecule has 0 radical (unpaired) electrons. The second-order valence-corrected chi connectivity index (χ2v) is 5.59. The normalized spacial score (nSPS) is 26.8. The molecule has 2 rings (SSSR count). The van der Waals surface area contributed by atoms with Crippen molar-refractivity contribution in [1.29, 1.82) is 0 Å². The molecule has 0 saturated heterocycles. The van der Waals surface area contributed by atoms with Crippen LogP contribution in [0, 0.1) is 17.7 Å². The van der Waals surface area contributed by atoms with E-state index in [0.717, 1.165) is 18.8 Å². The van der Waals surface area contributed by atoms with Crippen LogP contribution in [0.4, 0.5) is 4.39 Å². The minimum absolute atomic E-state index is 0.267. The van der Waals surface area contributed by atoms with E-state index in [0.29, 0.717) is 16.5 Å². The second kappa shape index (κ2) is 5.36. The highest BCUT2D eigenvalue weighted by molar-refractivity contribution is 6.31. The largest absolute Gasteiger partial charge is 0.324 e. The summed E-state index contributed by atoms with van der Waals surface area (Å²) in [7, 11) is 0. The van der Waals surface area contributed by atoms with E-state index in [1.807, 2.05) is 0 Å². The average Bonchev–Trinajstić information content (AvgIpc) is 2.29. The number of hydrogen-bond acceptors (Lipinski definition) is 1. The Morgan fingerprint density at radius 1 is 1.29 bits per heavy atom. The second-order valence-electron chi connectivity index (χ2n) is 5.18. The summed E-state index contributed by atoms with van der Waals surface area (Å²) >= 11 is 6.05. The molecule has 1 aromatic carbocycles. The van der Waals surface area contributed by atoms with Gasteiger partial charge in [0.05, 0.1) is 0 Å². The molecule has 1 saturated carbocycles. The SMILES string of the molecule is CC1CCC(C(N)c2c(F)cccc2Cl)CC1. The van der Waals surface area contributed by atoms with Gasteiger partial charge in [0.15, 0.2) is 0 Å². The molecule has 1 unspecified atom stereocenters. The van der Waals surface area contributed by atoms with Crippen molar-refractivity contribution in [1.82, 2.24) is 0 Å². The van der Waals surface area contributed by atoms with Crippen molar-refractivity contribution < 1.29 is 4.39 Å². The minimum atomic E-state index is -0.274. The summed E-state index contributed by atoms with van der Waals surface area (Å²) in [5.74, 6) is 0.860. The van der Waals surface area contributed by atoms with E-state index < -0.39 is 0 Å². The minimum Gasteiger partial charge on any atom is -0.324 e. The summed E-state index contributed by atoms with van der Waals surface area (Å²) in [4.78, 5) is 0. The maximum atomic E-state index is 13.8. The molecule has 1 nitrogen and oxygen atoms in total. The zero-order chi connectivity index (χ0) is 12.4. The third-order valence-electron chi connectivity index (χ3n) is 3.90. The van der Waals surface area contributed by atoms with Crippen LogP contribution >= 0.6 is 11.6 Å². The standard InChI is InChI=1S/C14H19ClFN/c1-9-5-7-10(8-6-9)14(17)13-11(15)3-2-4-12(13)16/h2-4,9-10,14H,5-8,17H2,1H3. The van der Waals surface area contributed by atoms with E-state index in [1.54, 1.807) is 12.1 Å². The monoisotopic (exact) mass is 255 g/mol. The van der Waals surface area contributed by atoms with Gasteiger partial charge in [-0.15, -0.1) is 0 Å². The zero-order valence-corrected chi connectivity index (χ0v) is 10.9. The first-order valence-corrected chi connectivity index (χ1v) is 6.67. The summed E-state index contributed by atoms with van der Waals surface area (Å²) in [6.07, 6.45) is 4.52. The topological polar surface area (TPSA) is 26.0 Å². The highest BCUT2D eigenvalue weighted by Crippen LogP contribution is 2.38. The molecule has 0 aliphatic heterocycles. The van der Waals surface area contributed by atoms with Crippen molar-refractivity contribution in [3.63, 3.8) is 0 Å². The van der Waals surface area contributed by atoms with E-state index in [-0.39, 0.29) is 11.9 Å². The Kier molecular flexibility index (Phi) is 4.05. The molecule has 17 heavy (non-hydrogen) atoms. The molecule has 3 heteroatoms. The van der Waals surface area contributed by atoms with Crippen LogP contribution in [0.25, 0.3) is 0 Å². The van der Waals surface area contributed by atoms with Gasteiger partial charge in [0.2, 0.25) is 0 Å². The van der Waals surface area contributed by atoms with Crippen molar-refractivity contribution in [2.24, 2.45) is 17.6 Å². The molecule has 0 aromatic heterocycles. The van der Waals surface area contributed by atoms with E-state index in [2.05, 4.69) is 6.92 Å². The molecule has 1 atom stereocenters. The van der Waals surface area contributed by atoms with Gasteiger partial charge < -0.3 is 5.73 Å². The number of benzene rings is 1. The van der Waals surface area contributed by atoms with Crippen LogP contribution in [-0.4, -0.2) is 0 Å². The summed E-state index contributed by atoms with van der Waals surface area (Å²) in [6.45, 7) is 2.26. The van der Waals surface area contributed by atoms with Crippen LogP contribution < -0.4 is 5.73 Å². The van der Waals surface area contributed by atoms with E-state index in [9.17, 15) is 4.39 Å². The van der Waals surface area contributed by atoms with Crippen molar-refractivity contribution >= 4 is 11.6 Å². The quantitative estimate of drug-likeness (QED) is 0.838. The molecule has 0 bridgehead atoms. The van der Waals surface area contributed by atoms with Crippen molar-refractivity contribution in [2.75, 3.05) is 0 Å². The van der Waals surface area contributed by atoms with Gasteiger partial charge in [0.25, 0.3) is 0 Å². The fraction of sp³-hybridized carbons (Fsp3) is 0.571. The first-order valence-electron chi connectivity index (χ1n) is 6.29. The Morgan fingerprint density at radius 2 is 1.94 bits per heavy atom. The number of hydrogen-bond donors (Lipinski definition) is 1. The zero-order valence-electron chi connectivity index (χ0n) is 10.1. The Labute approximate surface area is 107 Å². The van der Waals surface area contributed by atoms with E-state index >= 15 is 0 Å². The highest BCUT2D eigenvalue weighted by Gasteiger charge is 2.27. The van der Waals surface area contributed by atoms with Crippen LogP contribution in [0.1, 0.15) is 44.2 Å². The smallest absolute Gasteiger partial charge is 0.129 e. The Balaban J connectivity index is 2.16. The molecular formula is C14H19ClFN. The van der Waals surface area contributed by atoms with Crippen LogP contribution in [0.3, 0.4) is 0 Å². The van der Waals surface area contributed by atoms with Gasteiger partial charge in [-0.1, -0.05) is 37.4 Å². The molecule has 1 aliphatic rings. The molecular weight excluding hydrogens is 237 g/mol. The van der Waals surface area contributed by atoms with Crippen molar-refractivity contribution in [3.8, 4) is 0 Å². The van der Waals surface area contributed by atoms with Gasteiger partial charge in [0, 0.05) is 16.6 Å². The van der Waals surface area contributed by atoms with Crippen LogP contribution in [0.2, 0.25) is 5.02 Å². The summed E-state index contributed by atoms with van der Waals surface area (Å²) < 4.78 is 13.8. The van der Waals surface area contributed by atoms with Crippen LogP contribution in [0.5, 0.6) is 0 Å². The molecule has 0 amide bonds. The fourth-order valence-electron chi connectivity index (χ4n) is 2.71. The van der Waals surface area contributed by atoms with Crippen molar-refractivity contribution in [2.45, 2.75) is 38.6 Å². The van der Waals surface area contributed by atoms with Gasteiger partial charge >= 0.3 is 0 Å². The maximum Gasteiger partial charge on any atom is 0.129 e. The summed E-state index contributed by atoms with van der Waals surface area (Å²) in [5, 5.41) is 0.455. The van der Waals surface area contributed by atoms with E-state index in [4.69, 9.17) is 17.3 Å². The molecule has 2 N–H and O–H groups in total. The Morgan fingerprint density at radius 3 is 2.53 bits per heavy atom. The lowest BCUT2D eigenvalue weighted by molar-refractivity contribution is 0.253. The lowest BCUT2D eigenvalue weighted by atomic mass is 9.77. The molecule has 1 aromatic rings. The Hall–Kier alpha value is -0.600. The maximum absolute atomic E-state index is 13.8. The number of rotatable bonds is 2. The molecule has 0 spiro atoms. The van der Waals surface area contributed by atoms with Crippen LogP contribution in [0.15, 0.2) is 18.2 Å². The number of halogens is 2. The summed E-state index contributed by atoms with van der Waals surface area (Å²) in [6, 6.07) is 4.51. The third-order valence-corrected chi connectivity index (χ3v) is 4.23. The Bertz CT molecular complexity index is 366. The lowest BCUT2D eigenvalue weighted by Crippen LogP contribution is -2.26. The van der Waals surface area contributed by atoms with Gasteiger partial charge in [0.1, 0.15) is 5.82 Å². The predicted octanol–water partition coefficient (Wildman–Crippen LogP) is 4.31. The summed E-state index contributed by atoms with van der Waals surface area (Å²) in [5.41, 5.74) is 6.69. The van der Waals surface area contributed by atoms with Gasteiger partial charge in [-0.2, -0.15) is 0 Å². The molecule has 94 valence electrons. The predicted molar refractivity (Wildman–Crippen MR) is 69.5 cm³/mol. The first-order chi connectivity index (χ1) is 8.09. The van der Waals surface area contributed by atoms with E-state index in [1.165, 1.54) is 18.9 Å². The number of nitrogens with two attached hydrogens (primary N) is 1. The van der Waals surface area contributed by atoms with Crippen LogP contribution in [-0.2, 0) is 0 Å².